The van der Waals surface area contributed by atoms with Gasteiger partial charge in [0.1, 0.15) is 5.75 Å². The van der Waals surface area contributed by atoms with E-state index < -0.39 is 6.43 Å². The average molecular weight is 373 g/mol. The number of hydrogen-bond donors (Lipinski definition) is 2. The molecule has 6 heteroatoms. The zero-order valence-electron chi connectivity index (χ0n) is 15.8. The molecule has 3 rings (SSSR count). The van der Waals surface area contributed by atoms with Crippen LogP contribution >= 0.6 is 0 Å². The summed E-state index contributed by atoms with van der Waals surface area (Å²) in [7, 11) is 1.59. The lowest BCUT2D eigenvalue weighted by Gasteiger charge is -2.43. The molecular weight excluding hydrogens is 348 g/mol. The van der Waals surface area contributed by atoms with E-state index >= 15 is 0 Å². The van der Waals surface area contributed by atoms with Crippen molar-refractivity contribution in [1.29, 1.82) is 5.41 Å². The molecule has 3 N–H and O–H groups in total. The van der Waals surface area contributed by atoms with Gasteiger partial charge in [0.05, 0.1) is 19.7 Å². The molecule has 1 aliphatic rings. The second kappa shape index (κ2) is 7.64. The Morgan fingerprint density at radius 2 is 2.00 bits per heavy atom. The molecule has 2 aromatic rings. The summed E-state index contributed by atoms with van der Waals surface area (Å²) in [5, 5.41) is 7.77. The third-order valence-electron chi connectivity index (χ3n) is 5.30. The number of benzene rings is 2. The van der Waals surface area contributed by atoms with Crippen molar-refractivity contribution in [3.05, 3.63) is 58.1 Å². The van der Waals surface area contributed by atoms with Gasteiger partial charge in [0.2, 0.25) is 0 Å². The summed E-state index contributed by atoms with van der Waals surface area (Å²) in [6.07, 6.45) is -0.612. The summed E-state index contributed by atoms with van der Waals surface area (Å²) in [6, 6.07) is 8.97. The highest BCUT2D eigenvalue weighted by molar-refractivity contribution is 5.88. The average Bonchev–Trinajstić information content (AvgIpc) is 2.62. The third kappa shape index (κ3) is 3.54. The lowest BCUT2D eigenvalue weighted by molar-refractivity contribution is 0.0457. The molecular formula is C21H25F2N3O. The summed E-state index contributed by atoms with van der Waals surface area (Å²) in [5.74, 6) is 0.674. The van der Waals surface area contributed by atoms with E-state index in [1.165, 1.54) is 6.21 Å². The number of hydrogen-bond acceptors (Lipinski definition) is 4. The van der Waals surface area contributed by atoms with Crippen LogP contribution < -0.4 is 10.5 Å². The molecule has 0 saturated heterocycles. The smallest absolute Gasteiger partial charge is 0.251 e. The zero-order valence-corrected chi connectivity index (χ0v) is 15.8. The molecule has 0 radical (unpaired) electrons. The minimum absolute atomic E-state index is 0.122. The molecule has 0 spiro atoms. The number of methoxy groups -OCH3 is 1. The zero-order chi connectivity index (χ0) is 19.7. The number of aryl methyl sites for hydroxylation is 1. The fourth-order valence-corrected chi connectivity index (χ4v) is 4.04. The predicted molar refractivity (Wildman–Crippen MR) is 104 cm³/mol. The van der Waals surface area contributed by atoms with Gasteiger partial charge < -0.3 is 15.9 Å². The molecule has 0 aromatic heterocycles. The SMILES string of the molecule is COc1cc(C)ccc1[C@@H]1c2ccc(N)c(C=N)c2C[C@@H](C)N1CC(F)F. The summed E-state index contributed by atoms with van der Waals surface area (Å²) in [4.78, 5) is 1.82. The number of anilines is 1. The Morgan fingerprint density at radius 3 is 2.63 bits per heavy atom. The molecule has 1 heterocycles. The number of nitrogens with zero attached hydrogens (tertiary/aromatic N) is 1. The molecule has 2 aromatic carbocycles. The van der Waals surface area contributed by atoms with Crippen LogP contribution in [-0.4, -0.2) is 37.2 Å². The van der Waals surface area contributed by atoms with Crippen molar-refractivity contribution in [1.82, 2.24) is 4.90 Å². The van der Waals surface area contributed by atoms with E-state index in [2.05, 4.69) is 0 Å². The van der Waals surface area contributed by atoms with Crippen LogP contribution in [0.5, 0.6) is 5.75 Å². The molecule has 27 heavy (non-hydrogen) atoms. The monoisotopic (exact) mass is 373 g/mol. The van der Waals surface area contributed by atoms with Gasteiger partial charge in [-0.05, 0) is 49.1 Å². The number of nitrogens with two attached hydrogens (primary N) is 1. The van der Waals surface area contributed by atoms with E-state index in [0.29, 0.717) is 23.4 Å². The number of nitrogen functional groups attached to an aromatic ring is 1. The number of rotatable bonds is 5. The third-order valence-corrected chi connectivity index (χ3v) is 5.30. The van der Waals surface area contributed by atoms with Gasteiger partial charge in [-0.2, -0.15) is 0 Å². The highest BCUT2D eigenvalue weighted by atomic mass is 19.3. The Hall–Kier alpha value is -2.47. The van der Waals surface area contributed by atoms with Gasteiger partial charge in [0, 0.05) is 29.1 Å². The van der Waals surface area contributed by atoms with Crippen molar-refractivity contribution in [2.75, 3.05) is 19.4 Å². The quantitative estimate of drug-likeness (QED) is 0.610. The van der Waals surface area contributed by atoms with E-state index in [0.717, 1.165) is 22.3 Å². The van der Waals surface area contributed by atoms with Gasteiger partial charge in [-0.15, -0.1) is 0 Å². The molecule has 0 bridgehead atoms. The Bertz CT molecular complexity index is 854. The molecule has 0 saturated carbocycles. The highest BCUT2D eigenvalue weighted by Crippen LogP contribution is 2.43. The van der Waals surface area contributed by atoms with Crippen molar-refractivity contribution < 1.29 is 13.5 Å². The standard InChI is InChI=1S/C21H25F2N3O/c1-12-4-5-15(19(8-12)27-3)21-14-6-7-18(25)17(10-24)16(14)9-13(2)26(21)11-20(22)23/h4-8,10,13,20-21,24H,9,11,25H2,1-3H3/t13-,21+/m1/s1. The maximum atomic E-state index is 13.4. The van der Waals surface area contributed by atoms with E-state index in [4.69, 9.17) is 15.9 Å². The summed E-state index contributed by atoms with van der Waals surface area (Å²) in [6.45, 7) is 3.58. The lowest BCUT2D eigenvalue weighted by atomic mass is 9.82. The van der Waals surface area contributed by atoms with Gasteiger partial charge >= 0.3 is 0 Å². The molecule has 144 valence electrons. The number of alkyl halides is 2. The number of halogens is 2. The van der Waals surface area contributed by atoms with Crippen LogP contribution in [0, 0.1) is 12.3 Å². The molecule has 0 fully saturated rings. The van der Waals surface area contributed by atoms with Crippen molar-refractivity contribution in [3.8, 4) is 5.75 Å². The number of ether oxygens (including phenoxy) is 1. The molecule has 0 unspecified atom stereocenters. The molecule has 4 nitrogen and oxygen atoms in total. The van der Waals surface area contributed by atoms with Crippen LogP contribution in [-0.2, 0) is 6.42 Å². The van der Waals surface area contributed by atoms with Crippen LogP contribution in [0.4, 0.5) is 14.5 Å². The van der Waals surface area contributed by atoms with E-state index in [1.54, 1.807) is 13.2 Å². The van der Waals surface area contributed by atoms with Crippen LogP contribution in [0.2, 0.25) is 0 Å². The molecule has 2 atom stereocenters. The summed E-state index contributed by atoms with van der Waals surface area (Å²) in [5.41, 5.74) is 11.0. The molecule has 1 aliphatic heterocycles. The molecule has 0 aliphatic carbocycles. The lowest BCUT2D eigenvalue weighted by Crippen LogP contribution is -2.45. The Labute approximate surface area is 158 Å². The van der Waals surface area contributed by atoms with Crippen LogP contribution in [0.25, 0.3) is 0 Å². The fraction of sp³-hybridized carbons (Fsp3) is 0.381. The van der Waals surface area contributed by atoms with E-state index in [1.807, 2.05) is 43.0 Å². The highest BCUT2D eigenvalue weighted by Gasteiger charge is 2.37. The first-order valence-corrected chi connectivity index (χ1v) is 8.97. The van der Waals surface area contributed by atoms with Gasteiger partial charge in [-0.25, -0.2) is 8.78 Å². The first-order chi connectivity index (χ1) is 12.9. The normalized spacial score (nSPS) is 19.8. The van der Waals surface area contributed by atoms with Crippen LogP contribution in [0.1, 0.15) is 40.8 Å². The Balaban J connectivity index is 2.25. The predicted octanol–water partition coefficient (Wildman–Crippen LogP) is 4.18. The molecule has 0 amide bonds. The van der Waals surface area contributed by atoms with Crippen molar-refractivity contribution >= 4 is 11.9 Å². The second-order valence-electron chi connectivity index (χ2n) is 7.07. The van der Waals surface area contributed by atoms with E-state index in [-0.39, 0.29) is 18.6 Å². The maximum absolute atomic E-state index is 13.4. The Kier molecular flexibility index (Phi) is 5.46. The first kappa shape index (κ1) is 19.3. The maximum Gasteiger partial charge on any atom is 0.251 e. The largest absolute Gasteiger partial charge is 0.496 e. The number of fused-ring (bicyclic) bond motifs is 1. The van der Waals surface area contributed by atoms with Crippen LogP contribution in [0.15, 0.2) is 30.3 Å². The fourth-order valence-electron chi connectivity index (χ4n) is 4.04. The van der Waals surface area contributed by atoms with Crippen molar-refractivity contribution in [2.45, 2.75) is 38.8 Å². The minimum Gasteiger partial charge on any atom is -0.496 e. The van der Waals surface area contributed by atoms with Gasteiger partial charge in [-0.3, -0.25) is 4.90 Å². The first-order valence-electron chi connectivity index (χ1n) is 8.97. The van der Waals surface area contributed by atoms with Gasteiger partial charge in [-0.1, -0.05) is 18.2 Å². The van der Waals surface area contributed by atoms with Crippen molar-refractivity contribution in [3.63, 3.8) is 0 Å². The second-order valence-corrected chi connectivity index (χ2v) is 7.07. The minimum atomic E-state index is -2.44. The van der Waals surface area contributed by atoms with Crippen LogP contribution in [0.3, 0.4) is 0 Å². The summed E-state index contributed by atoms with van der Waals surface area (Å²) < 4.78 is 32.3. The summed E-state index contributed by atoms with van der Waals surface area (Å²) >= 11 is 0. The van der Waals surface area contributed by atoms with Crippen molar-refractivity contribution in [2.24, 2.45) is 0 Å². The Morgan fingerprint density at radius 1 is 1.30 bits per heavy atom. The van der Waals surface area contributed by atoms with Gasteiger partial charge in [0.15, 0.2) is 0 Å². The van der Waals surface area contributed by atoms with E-state index in [9.17, 15) is 8.78 Å². The topological polar surface area (TPSA) is 62.3 Å². The van der Waals surface area contributed by atoms with Gasteiger partial charge in [0.25, 0.3) is 6.43 Å². The number of nitrogens with one attached hydrogen (secondary N) is 1.